The number of urea groups is 1. The SMILES string of the molecule is O=C(NCc1cccnc1)N1CCC(OCC2CC2)C1. The van der Waals surface area contributed by atoms with Gasteiger partial charge in [0.05, 0.1) is 6.10 Å². The van der Waals surface area contributed by atoms with Crippen molar-refractivity contribution in [3.8, 4) is 0 Å². The van der Waals surface area contributed by atoms with Crippen LogP contribution >= 0.6 is 0 Å². The van der Waals surface area contributed by atoms with Crippen molar-refractivity contribution in [2.75, 3.05) is 19.7 Å². The fourth-order valence-corrected chi connectivity index (χ4v) is 2.40. The maximum atomic E-state index is 12.1. The molecular formula is C15H21N3O2. The summed E-state index contributed by atoms with van der Waals surface area (Å²) in [5.41, 5.74) is 1.02. The van der Waals surface area contributed by atoms with Crippen molar-refractivity contribution < 1.29 is 9.53 Å². The lowest BCUT2D eigenvalue weighted by atomic mass is 10.3. The number of carbonyl (C=O) groups excluding carboxylic acids is 1. The predicted octanol–water partition coefficient (Wildman–Crippen LogP) is 1.79. The number of carbonyl (C=O) groups is 1. The Morgan fingerprint density at radius 2 is 2.35 bits per heavy atom. The minimum atomic E-state index is -0.00799. The maximum absolute atomic E-state index is 12.1. The van der Waals surface area contributed by atoms with Crippen molar-refractivity contribution in [2.45, 2.75) is 31.9 Å². The monoisotopic (exact) mass is 275 g/mol. The second-order valence-electron chi connectivity index (χ2n) is 5.65. The summed E-state index contributed by atoms with van der Waals surface area (Å²) in [5, 5.41) is 2.93. The molecule has 20 heavy (non-hydrogen) atoms. The topological polar surface area (TPSA) is 54.5 Å². The molecule has 3 rings (SSSR count). The van der Waals surface area contributed by atoms with Crippen LogP contribution in [0.25, 0.3) is 0 Å². The molecule has 2 aliphatic rings. The van der Waals surface area contributed by atoms with Gasteiger partial charge in [0.2, 0.25) is 0 Å². The molecular weight excluding hydrogens is 254 g/mol. The molecule has 2 heterocycles. The molecule has 0 spiro atoms. The van der Waals surface area contributed by atoms with Crippen molar-refractivity contribution in [3.05, 3.63) is 30.1 Å². The normalized spacial score (nSPS) is 22.0. The van der Waals surface area contributed by atoms with Gasteiger partial charge in [-0.3, -0.25) is 4.98 Å². The van der Waals surface area contributed by atoms with Crippen LogP contribution in [0.2, 0.25) is 0 Å². The van der Waals surface area contributed by atoms with Gasteiger partial charge in [-0.1, -0.05) is 6.07 Å². The first kappa shape index (κ1) is 13.4. The molecule has 0 aromatic carbocycles. The van der Waals surface area contributed by atoms with Gasteiger partial charge in [0.1, 0.15) is 0 Å². The van der Waals surface area contributed by atoms with E-state index in [-0.39, 0.29) is 12.1 Å². The third-order valence-electron chi connectivity index (χ3n) is 3.86. The Morgan fingerprint density at radius 3 is 3.10 bits per heavy atom. The van der Waals surface area contributed by atoms with Gasteiger partial charge in [0.15, 0.2) is 0 Å². The number of rotatable bonds is 5. The highest BCUT2D eigenvalue weighted by atomic mass is 16.5. The smallest absolute Gasteiger partial charge is 0.317 e. The van der Waals surface area contributed by atoms with E-state index < -0.39 is 0 Å². The van der Waals surface area contributed by atoms with Crippen LogP contribution in [0.3, 0.4) is 0 Å². The Bertz CT molecular complexity index is 448. The summed E-state index contributed by atoms with van der Waals surface area (Å²) < 4.78 is 5.84. The van der Waals surface area contributed by atoms with E-state index in [1.165, 1.54) is 12.8 Å². The van der Waals surface area contributed by atoms with E-state index in [1.54, 1.807) is 12.4 Å². The molecule has 5 nitrogen and oxygen atoms in total. The molecule has 108 valence electrons. The van der Waals surface area contributed by atoms with Gasteiger partial charge in [0.25, 0.3) is 0 Å². The van der Waals surface area contributed by atoms with Crippen molar-refractivity contribution >= 4 is 6.03 Å². The Kier molecular flexibility index (Phi) is 4.16. The van der Waals surface area contributed by atoms with Gasteiger partial charge in [-0.25, -0.2) is 4.79 Å². The molecule has 1 saturated heterocycles. The summed E-state index contributed by atoms with van der Waals surface area (Å²) in [4.78, 5) is 17.9. The number of nitrogens with one attached hydrogen (secondary N) is 1. The second-order valence-corrected chi connectivity index (χ2v) is 5.65. The molecule has 1 aliphatic heterocycles. The van der Waals surface area contributed by atoms with E-state index in [4.69, 9.17) is 4.74 Å². The third kappa shape index (κ3) is 3.70. The number of amides is 2. The Hall–Kier alpha value is -1.62. The minimum absolute atomic E-state index is 0.00799. The van der Waals surface area contributed by atoms with Crippen LogP contribution in [-0.2, 0) is 11.3 Å². The van der Waals surface area contributed by atoms with E-state index in [0.29, 0.717) is 13.1 Å². The maximum Gasteiger partial charge on any atom is 0.317 e. The van der Waals surface area contributed by atoms with Crippen LogP contribution in [0.5, 0.6) is 0 Å². The zero-order valence-corrected chi connectivity index (χ0v) is 11.6. The highest BCUT2D eigenvalue weighted by molar-refractivity contribution is 5.74. The van der Waals surface area contributed by atoms with E-state index >= 15 is 0 Å². The third-order valence-corrected chi connectivity index (χ3v) is 3.86. The number of hydrogen-bond acceptors (Lipinski definition) is 3. The summed E-state index contributed by atoms with van der Waals surface area (Å²) in [6.45, 7) is 2.90. The second kappa shape index (κ2) is 6.22. The van der Waals surface area contributed by atoms with Gasteiger partial charge in [-0.15, -0.1) is 0 Å². The van der Waals surface area contributed by atoms with Crippen molar-refractivity contribution in [2.24, 2.45) is 5.92 Å². The standard InChI is InChI=1S/C15H21N3O2/c19-15(17-9-13-2-1-6-16-8-13)18-7-5-14(10-18)20-11-12-3-4-12/h1-2,6,8,12,14H,3-5,7,9-11H2,(H,17,19). The van der Waals surface area contributed by atoms with E-state index in [0.717, 1.165) is 31.1 Å². The number of ether oxygens (including phenoxy) is 1. The first-order valence-electron chi connectivity index (χ1n) is 7.34. The largest absolute Gasteiger partial charge is 0.376 e. The lowest BCUT2D eigenvalue weighted by Gasteiger charge is -2.17. The molecule has 1 saturated carbocycles. The number of hydrogen-bond donors (Lipinski definition) is 1. The molecule has 5 heteroatoms. The molecule has 2 amide bonds. The lowest BCUT2D eigenvalue weighted by molar-refractivity contribution is 0.0538. The highest BCUT2D eigenvalue weighted by Gasteiger charge is 2.29. The van der Waals surface area contributed by atoms with Gasteiger partial charge in [-0.05, 0) is 36.8 Å². The van der Waals surface area contributed by atoms with E-state index in [1.807, 2.05) is 17.0 Å². The average Bonchev–Trinajstić information content (AvgIpc) is 3.20. The van der Waals surface area contributed by atoms with Crippen molar-refractivity contribution in [3.63, 3.8) is 0 Å². The Labute approximate surface area is 119 Å². The molecule has 1 aromatic heterocycles. The molecule has 1 atom stereocenters. The fourth-order valence-electron chi connectivity index (χ4n) is 2.40. The number of likely N-dealkylation sites (tertiary alicyclic amines) is 1. The molecule has 1 unspecified atom stereocenters. The summed E-state index contributed by atoms with van der Waals surface area (Å²) in [7, 11) is 0. The predicted molar refractivity (Wildman–Crippen MR) is 75.1 cm³/mol. The van der Waals surface area contributed by atoms with Crippen molar-refractivity contribution in [1.29, 1.82) is 0 Å². The zero-order chi connectivity index (χ0) is 13.8. The Balaban J connectivity index is 1.39. The fraction of sp³-hybridized carbons (Fsp3) is 0.600. The van der Waals surface area contributed by atoms with Crippen LogP contribution < -0.4 is 5.32 Å². The van der Waals surface area contributed by atoms with Gasteiger partial charge >= 0.3 is 6.03 Å². The summed E-state index contributed by atoms with van der Waals surface area (Å²) in [5.74, 6) is 0.781. The zero-order valence-electron chi connectivity index (χ0n) is 11.6. The van der Waals surface area contributed by atoms with Gasteiger partial charge in [-0.2, -0.15) is 0 Å². The van der Waals surface area contributed by atoms with Crippen LogP contribution in [0.15, 0.2) is 24.5 Å². The Morgan fingerprint density at radius 1 is 1.45 bits per heavy atom. The first-order valence-corrected chi connectivity index (χ1v) is 7.34. The lowest BCUT2D eigenvalue weighted by Crippen LogP contribution is -2.38. The van der Waals surface area contributed by atoms with Crippen LogP contribution in [0, 0.1) is 5.92 Å². The molecule has 0 bridgehead atoms. The van der Waals surface area contributed by atoms with Gasteiger partial charge in [0, 0.05) is 38.6 Å². The minimum Gasteiger partial charge on any atom is -0.376 e. The molecule has 0 radical (unpaired) electrons. The first-order chi connectivity index (χ1) is 9.81. The van der Waals surface area contributed by atoms with Crippen LogP contribution in [0.1, 0.15) is 24.8 Å². The van der Waals surface area contributed by atoms with Crippen molar-refractivity contribution in [1.82, 2.24) is 15.2 Å². The quantitative estimate of drug-likeness (QED) is 0.891. The molecule has 1 aromatic rings. The summed E-state index contributed by atoms with van der Waals surface area (Å²) >= 11 is 0. The van der Waals surface area contributed by atoms with Gasteiger partial charge < -0.3 is 15.0 Å². The molecule has 2 fully saturated rings. The molecule has 1 N–H and O–H groups in total. The summed E-state index contributed by atoms with van der Waals surface area (Å²) in [6, 6.07) is 3.82. The summed E-state index contributed by atoms with van der Waals surface area (Å²) in [6.07, 6.45) is 7.29. The van der Waals surface area contributed by atoms with E-state index in [9.17, 15) is 4.79 Å². The molecule has 1 aliphatic carbocycles. The van der Waals surface area contributed by atoms with Crippen LogP contribution in [-0.4, -0.2) is 41.7 Å². The highest BCUT2D eigenvalue weighted by Crippen LogP contribution is 2.29. The van der Waals surface area contributed by atoms with Crippen LogP contribution in [0.4, 0.5) is 4.79 Å². The van der Waals surface area contributed by atoms with E-state index in [2.05, 4.69) is 10.3 Å². The number of aromatic nitrogens is 1. The number of pyridine rings is 1. The average molecular weight is 275 g/mol. The number of nitrogens with zero attached hydrogens (tertiary/aromatic N) is 2.